The Morgan fingerprint density at radius 1 is 1.22 bits per heavy atom. The summed E-state index contributed by atoms with van der Waals surface area (Å²) < 4.78 is 5.53. The molecule has 23 heavy (non-hydrogen) atoms. The third-order valence-electron chi connectivity index (χ3n) is 4.94. The van der Waals surface area contributed by atoms with Gasteiger partial charge >= 0.3 is 6.09 Å². The maximum atomic E-state index is 12.3. The molecule has 1 amide bonds. The predicted molar refractivity (Wildman–Crippen MR) is 91.1 cm³/mol. The van der Waals surface area contributed by atoms with E-state index >= 15 is 0 Å². The number of rotatable bonds is 2. The van der Waals surface area contributed by atoms with E-state index in [-0.39, 0.29) is 11.5 Å². The molecule has 0 unspecified atom stereocenters. The van der Waals surface area contributed by atoms with Crippen LogP contribution in [0.1, 0.15) is 33.3 Å². The lowest BCUT2D eigenvalue weighted by Gasteiger charge is -2.27. The molecule has 2 aliphatic rings. The topological polar surface area (TPSA) is 32.8 Å². The Bertz CT molecular complexity index is 566. The first-order chi connectivity index (χ1) is 10.8. The molecule has 0 radical (unpaired) electrons. The minimum Gasteiger partial charge on any atom is -0.444 e. The second-order valence-electron chi connectivity index (χ2n) is 8.37. The average Bonchev–Trinajstić information content (AvgIpc) is 2.89. The van der Waals surface area contributed by atoms with Gasteiger partial charge in [-0.05, 0) is 32.3 Å². The molecular weight excluding hydrogens is 288 g/mol. The third-order valence-corrected chi connectivity index (χ3v) is 4.94. The summed E-state index contributed by atoms with van der Waals surface area (Å²) in [6.07, 6.45) is -0.164. The zero-order valence-electron chi connectivity index (χ0n) is 14.7. The van der Waals surface area contributed by atoms with Gasteiger partial charge in [0.25, 0.3) is 0 Å². The molecule has 2 heterocycles. The summed E-state index contributed by atoms with van der Waals surface area (Å²) in [6, 6.07) is 10.6. The van der Waals surface area contributed by atoms with E-state index in [2.05, 4.69) is 42.2 Å². The van der Waals surface area contributed by atoms with Gasteiger partial charge in [-0.2, -0.15) is 0 Å². The van der Waals surface area contributed by atoms with Crippen LogP contribution in [0.2, 0.25) is 0 Å². The minimum absolute atomic E-state index is 0.164. The van der Waals surface area contributed by atoms with Gasteiger partial charge in [-0.3, -0.25) is 4.90 Å². The molecule has 2 atom stereocenters. The summed E-state index contributed by atoms with van der Waals surface area (Å²) in [6.45, 7) is 12.8. The Hall–Kier alpha value is -1.55. The van der Waals surface area contributed by atoms with E-state index in [1.807, 2.05) is 25.7 Å². The first kappa shape index (κ1) is 16.3. The summed E-state index contributed by atoms with van der Waals surface area (Å²) in [5, 5.41) is 0. The molecular formula is C19H28N2O2. The molecule has 3 rings (SSSR count). The van der Waals surface area contributed by atoms with Gasteiger partial charge in [0, 0.05) is 38.1 Å². The largest absolute Gasteiger partial charge is 0.444 e. The second kappa shape index (κ2) is 5.82. The maximum Gasteiger partial charge on any atom is 0.410 e. The van der Waals surface area contributed by atoms with Crippen LogP contribution >= 0.6 is 0 Å². The van der Waals surface area contributed by atoms with Gasteiger partial charge in [0.15, 0.2) is 0 Å². The van der Waals surface area contributed by atoms with Crippen molar-refractivity contribution in [3.63, 3.8) is 0 Å². The van der Waals surface area contributed by atoms with Gasteiger partial charge in [0.1, 0.15) is 5.60 Å². The Morgan fingerprint density at radius 3 is 2.52 bits per heavy atom. The van der Waals surface area contributed by atoms with Crippen LogP contribution in [0.25, 0.3) is 0 Å². The van der Waals surface area contributed by atoms with Crippen molar-refractivity contribution >= 4 is 6.09 Å². The number of ether oxygens (including phenoxy) is 1. The van der Waals surface area contributed by atoms with Crippen molar-refractivity contribution < 1.29 is 9.53 Å². The zero-order chi connectivity index (χ0) is 16.7. The number of amides is 1. The number of fused-ring (bicyclic) bond motifs is 1. The predicted octanol–water partition coefficient (Wildman–Crippen LogP) is 3.38. The van der Waals surface area contributed by atoms with Crippen molar-refractivity contribution in [2.45, 2.75) is 39.8 Å². The van der Waals surface area contributed by atoms with Crippen LogP contribution in [-0.4, -0.2) is 47.7 Å². The fourth-order valence-electron chi connectivity index (χ4n) is 3.89. The first-order valence-electron chi connectivity index (χ1n) is 8.49. The monoisotopic (exact) mass is 316 g/mol. The van der Waals surface area contributed by atoms with Gasteiger partial charge in [-0.15, -0.1) is 0 Å². The molecule has 1 aromatic carbocycles. The quantitative estimate of drug-likeness (QED) is 0.838. The van der Waals surface area contributed by atoms with Crippen LogP contribution in [0.3, 0.4) is 0 Å². The van der Waals surface area contributed by atoms with Gasteiger partial charge in [0.2, 0.25) is 0 Å². The molecule has 2 aliphatic heterocycles. The number of nitrogens with zero attached hydrogens (tertiary/aromatic N) is 2. The van der Waals surface area contributed by atoms with Crippen LogP contribution in [-0.2, 0) is 11.3 Å². The van der Waals surface area contributed by atoms with Crippen molar-refractivity contribution in [3.8, 4) is 0 Å². The molecule has 0 spiro atoms. The molecule has 126 valence electrons. The standard InChI is InChI=1S/C19H28N2O2/c1-18(2,3)23-17(22)21-12-16-11-20(13-19(16,4)14-21)10-15-8-6-5-7-9-15/h5-9,16H,10-14H2,1-4H3/t16-,19+/m0/s1. The van der Waals surface area contributed by atoms with Gasteiger partial charge in [-0.25, -0.2) is 4.79 Å². The van der Waals surface area contributed by atoms with Crippen LogP contribution in [0.4, 0.5) is 4.79 Å². The Kier molecular flexibility index (Phi) is 4.13. The lowest BCUT2D eigenvalue weighted by atomic mass is 9.83. The minimum atomic E-state index is -0.422. The smallest absolute Gasteiger partial charge is 0.410 e. The van der Waals surface area contributed by atoms with E-state index in [1.54, 1.807) is 0 Å². The van der Waals surface area contributed by atoms with Crippen LogP contribution in [0, 0.1) is 11.3 Å². The molecule has 4 heteroatoms. The highest BCUT2D eigenvalue weighted by molar-refractivity contribution is 5.68. The van der Waals surface area contributed by atoms with Crippen molar-refractivity contribution in [2.24, 2.45) is 11.3 Å². The van der Waals surface area contributed by atoms with E-state index < -0.39 is 5.60 Å². The Labute approximate surface area is 139 Å². The molecule has 2 fully saturated rings. The van der Waals surface area contributed by atoms with Crippen LogP contribution in [0.15, 0.2) is 30.3 Å². The summed E-state index contributed by atoms with van der Waals surface area (Å²) >= 11 is 0. The number of carbonyl (C=O) groups excluding carboxylic acids is 1. The van der Waals surface area contributed by atoms with E-state index in [1.165, 1.54) is 5.56 Å². The van der Waals surface area contributed by atoms with E-state index in [0.717, 1.165) is 32.7 Å². The number of hydrogen-bond acceptors (Lipinski definition) is 3. The van der Waals surface area contributed by atoms with Crippen molar-refractivity contribution in [1.29, 1.82) is 0 Å². The third kappa shape index (κ3) is 3.69. The molecule has 0 saturated carbocycles. The van der Waals surface area contributed by atoms with Gasteiger partial charge < -0.3 is 9.64 Å². The molecule has 0 bridgehead atoms. The average molecular weight is 316 g/mol. The fourth-order valence-corrected chi connectivity index (χ4v) is 3.89. The lowest BCUT2D eigenvalue weighted by molar-refractivity contribution is 0.0262. The summed E-state index contributed by atoms with van der Waals surface area (Å²) in [4.78, 5) is 16.7. The number of likely N-dealkylation sites (tertiary alicyclic amines) is 2. The normalized spacial score (nSPS) is 28.0. The second-order valence-corrected chi connectivity index (χ2v) is 8.37. The van der Waals surface area contributed by atoms with Crippen molar-refractivity contribution in [1.82, 2.24) is 9.80 Å². The highest BCUT2D eigenvalue weighted by Gasteiger charge is 2.50. The van der Waals surface area contributed by atoms with Crippen molar-refractivity contribution in [2.75, 3.05) is 26.2 Å². The Morgan fingerprint density at radius 2 is 1.91 bits per heavy atom. The first-order valence-corrected chi connectivity index (χ1v) is 8.49. The highest BCUT2D eigenvalue weighted by atomic mass is 16.6. The van der Waals surface area contributed by atoms with Crippen LogP contribution < -0.4 is 0 Å². The zero-order valence-corrected chi connectivity index (χ0v) is 14.7. The number of hydrogen-bond donors (Lipinski definition) is 0. The van der Waals surface area contributed by atoms with Crippen LogP contribution in [0.5, 0.6) is 0 Å². The molecule has 2 saturated heterocycles. The summed E-state index contributed by atoms with van der Waals surface area (Å²) in [5.74, 6) is 0.540. The molecule has 0 aliphatic carbocycles. The lowest BCUT2D eigenvalue weighted by Crippen LogP contribution is -2.38. The van der Waals surface area contributed by atoms with E-state index in [4.69, 9.17) is 4.74 Å². The van der Waals surface area contributed by atoms with E-state index in [0.29, 0.717) is 5.92 Å². The SMILES string of the molecule is CC(C)(C)OC(=O)N1C[C@@H]2CN(Cc3ccccc3)C[C@]2(C)C1. The highest BCUT2D eigenvalue weighted by Crippen LogP contribution is 2.42. The summed E-state index contributed by atoms with van der Waals surface area (Å²) in [7, 11) is 0. The fraction of sp³-hybridized carbons (Fsp3) is 0.632. The number of carbonyl (C=O) groups is 1. The van der Waals surface area contributed by atoms with Gasteiger partial charge in [0.05, 0.1) is 0 Å². The molecule has 0 aromatic heterocycles. The van der Waals surface area contributed by atoms with E-state index in [9.17, 15) is 4.79 Å². The summed E-state index contributed by atoms with van der Waals surface area (Å²) in [5.41, 5.74) is 1.13. The van der Waals surface area contributed by atoms with Gasteiger partial charge in [-0.1, -0.05) is 37.3 Å². The molecule has 4 nitrogen and oxygen atoms in total. The Balaban J connectivity index is 1.59. The number of benzene rings is 1. The maximum absolute atomic E-state index is 12.3. The molecule has 0 N–H and O–H groups in total. The van der Waals surface area contributed by atoms with Crippen molar-refractivity contribution in [3.05, 3.63) is 35.9 Å². The molecule has 1 aromatic rings.